The number of hydrogen-bond donors (Lipinski definition) is 1. The summed E-state index contributed by atoms with van der Waals surface area (Å²) in [6.07, 6.45) is 3.18. The maximum atomic E-state index is 11.8. The van der Waals surface area contributed by atoms with Crippen LogP contribution in [-0.4, -0.2) is 21.7 Å². The summed E-state index contributed by atoms with van der Waals surface area (Å²) in [6, 6.07) is 0.0587. The maximum absolute atomic E-state index is 11.8. The van der Waals surface area contributed by atoms with Crippen molar-refractivity contribution in [1.82, 2.24) is 15.1 Å². The van der Waals surface area contributed by atoms with Crippen LogP contribution in [0.4, 0.5) is 0 Å². The molecular formula is C13H19Cl2N3O2. The van der Waals surface area contributed by atoms with Crippen LogP contribution >= 0.6 is 23.2 Å². The molecular weight excluding hydrogens is 301 g/mol. The Morgan fingerprint density at radius 3 is 2.60 bits per heavy atom. The second-order valence-corrected chi connectivity index (χ2v) is 5.99. The van der Waals surface area contributed by atoms with Crippen molar-refractivity contribution < 1.29 is 4.79 Å². The van der Waals surface area contributed by atoms with E-state index in [1.54, 1.807) is 0 Å². The fraction of sp³-hybridized carbons (Fsp3) is 0.615. The van der Waals surface area contributed by atoms with Crippen LogP contribution in [0.1, 0.15) is 33.6 Å². The standard InChI is InChI=1S/C13H19Cl2N3O2/c1-8(2)4-5-9(3)17-11(19)7-18-13(20)12(15)10(14)6-16-18/h6,8-9H,4-5,7H2,1-3H3,(H,17,19)/t9-/m1/s1. The highest BCUT2D eigenvalue weighted by Crippen LogP contribution is 2.14. The van der Waals surface area contributed by atoms with Crippen molar-refractivity contribution in [1.29, 1.82) is 0 Å². The fourth-order valence-corrected chi connectivity index (χ4v) is 1.94. The lowest BCUT2D eigenvalue weighted by molar-refractivity contribution is -0.122. The van der Waals surface area contributed by atoms with Gasteiger partial charge in [0.25, 0.3) is 5.56 Å². The Labute approximate surface area is 128 Å². The van der Waals surface area contributed by atoms with Crippen LogP contribution in [-0.2, 0) is 11.3 Å². The minimum atomic E-state index is -0.566. The highest BCUT2D eigenvalue weighted by Gasteiger charge is 2.12. The van der Waals surface area contributed by atoms with Gasteiger partial charge in [0.15, 0.2) is 0 Å². The molecule has 7 heteroatoms. The Morgan fingerprint density at radius 2 is 2.00 bits per heavy atom. The zero-order chi connectivity index (χ0) is 15.3. The van der Waals surface area contributed by atoms with Crippen LogP contribution in [0.15, 0.2) is 11.0 Å². The number of nitrogens with zero attached hydrogens (tertiary/aromatic N) is 2. The Balaban J connectivity index is 2.59. The van der Waals surface area contributed by atoms with E-state index in [1.807, 2.05) is 6.92 Å². The molecule has 112 valence electrons. The average Bonchev–Trinajstić information content (AvgIpc) is 2.37. The minimum Gasteiger partial charge on any atom is -0.352 e. The second kappa shape index (κ2) is 7.64. The quantitative estimate of drug-likeness (QED) is 0.876. The van der Waals surface area contributed by atoms with Gasteiger partial charge in [-0.15, -0.1) is 0 Å². The van der Waals surface area contributed by atoms with Crippen molar-refractivity contribution in [2.45, 2.75) is 46.2 Å². The molecule has 1 atom stereocenters. The first-order valence-corrected chi connectivity index (χ1v) is 7.27. The first-order valence-electron chi connectivity index (χ1n) is 6.51. The van der Waals surface area contributed by atoms with Crippen molar-refractivity contribution in [3.63, 3.8) is 0 Å². The highest BCUT2D eigenvalue weighted by atomic mass is 35.5. The molecule has 0 saturated heterocycles. The predicted octanol–water partition coefficient (Wildman–Crippen LogP) is 2.49. The average molecular weight is 320 g/mol. The van der Waals surface area contributed by atoms with Crippen LogP contribution in [0, 0.1) is 5.92 Å². The molecule has 0 fully saturated rings. The Kier molecular flexibility index (Phi) is 6.49. The fourth-order valence-electron chi connectivity index (χ4n) is 1.67. The zero-order valence-electron chi connectivity index (χ0n) is 11.8. The van der Waals surface area contributed by atoms with Gasteiger partial charge in [-0.2, -0.15) is 5.10 Å². The van der Waals surface area contributed by atoms with E-state index >= 15 is 0 Å². The van der Waals surface area contributed by atoms with Gasteiger partial charge in [-0.1, -0.05) is 37.0 Å². The number of aromatic nitrogens is 2. The Morgan fingerprint density at radius 1 is 1.35 bits per heavy atom. The van der Waals surface area contributed by atoms with E-state index < -0.39 is 5.56 Å². The smallest absolute Gasteiger partial charge is 0.287 e. The van der Waals surface area contributed by atoms with E-state index in [-0.39, 0.29) is 28.5 Å². The Bertz CT molecular complexity index is 529. The van der Waals surface area contributed by atoms with Gasteiger partial charge < -0.3 is 5.32 Å². The third kappa shape index (κ3) is 5.13. The lowest BCUT2D eigenvalue weighted by Gasteiger charge is -2.15. The van der Waals surface area contributed by atoms with Gasteiger partial charge >= 0.3 is 0 Å². The largest absolute Gasteiger partial charge is 0.352 e. The van der Waals surface area contributed by atoms with Gasteiger partial charge in [-0.25, -0.2) is 4.68 Å². The van der Waals surface area contributed by atoms with E-state index in [4.69, 9.17) is 23.2 Å². The first-order chi connectivity index (χ1) is 9.31. The highest BCUT2D eigenvalue weighted by molar-refractivity contribution is 6.41. The SMILES string of the molecule is CC(C)CC[C@@H](C)NC(=O)Cn1ncc(Cl)c(Cl)c1=O. The molecule has 1 aromatic rings. The summed E-state index contributed by atoms with van der Waals surface area (Å²) in [7, 11) is 0. The molecule has 5 nitrogen and oxygen atoms in total. The van der Waals surface area contributed by atoms with Gasteiger partial charge in [-0.3, -0.25) is 9.59 Å². The molecule has 0 aromatic carbocycles. The first kappa shape index (κ1) is 17.0. The molecule has 0 aliphatic rings. The molecule has 1 heterocycles. The molecule has 1 amide bonds. The van der Waals surface area contributed by atoms with E-state index in [0.717, 1.165) is 17.5 Å². The van der Waals surface area contributed by atoms with Crippen molar-refractivity contribution >= 4 is 29.1 Å². The topological polar surface area (TPSA) is 64.0 Å². The van der Waals surface area contributed by atoms with Crippen molar-refractivity contribution in [2.24, 2.45) is 5.92 Å². The summed E-state index contributed by atoms with van der Waals surface area (Å²) < 4.78 is 0.999. The molecule has 20 heavy (non-hydrogen) atoms. The predicted molar refractivity (Wildman–Crippen MR) is 80.2 cm³/mol. The molecule has 1 N–H and O–H groups in total. The van der Waals surface area contributed by atoms with Crippen molar-refractivity contribution in [3.05, 3.63) is 26.6 Å². The summed E-state index contributed by atoms with van der Waals surface area (Å²) in [5.41, 5.74) is -0.566. The van der Waals surface area contributed by atoms with E-state index in [2.05, 4.69) is 24.3 Å². The monoisotopic (exact) mass is 319 g/mol. The molecule has 0 bridgehead atoms. The molecule has 1 rings (SSSR count). The van der Waals surface area contributed by atoms with Crippen LogP contribution < -0.4 is 10.9 Å². The summed E-state index contributed by atoms with van der Waals surface area (Å²) in [5.74, 6) is 0.322. The number of amides is 1. The third-order valence-corrected chi connectivity index (χ3v) is 3.57. The second-order valence-electron chi connectivity index (χ2n) is 5.21. The normalized spacial score (nSPS) is 12.5. The van der Waals surface area contributed by atoms with Gasteiger partial charge in [-0.05, 0) is 25.7 Å². The van der Waals surface area contributed by atoms with E-state index in [1.165, 1.54) is 6.20 Å². The number of nitrogens with one attached hydrogen (secondary N) is 1. The summed E-state index contributed by atoms with van der Waals surface area (Å²) in [4.78, 5) is 23.6. The minimum absolute atomic E-state index is 0.0587. The van der Waals surface area contributed by atoms with E-state index in [0.29, 0.717) is 5.92 Å². The number of carbonyl (C=O) groups is 1. The van der Waals surface area contributed by atoms with Gasteiger partial charge in [0.05, 0.1) is 11.2 Å². The number of halogens is 2. The van der Waals surface area contributed by atoms with Gasteiger partial charge in [0, 0.05) is 6.04 Å². The number of rotatable bonds is 6. The lowest BCUT2D eigenvalue weighted by Crippen LogP contribution is -2.38. The van der Waals surface area contributed by atoms with Crippen molar-refractivity contribution in [3.8, 4) is 0 Å². The van der Waals surface area contributed by atoms with Crippen LogP contribution in [0.2, 0.25) is 10.0 Å². The van der Waals surface area contributed by atoms with Crippen LogP contribution in [0.5, 0.6) is 0 Å². The summed E-state index contributed by atoms with van der Waals surface area (Å²) in [5, 5.41) is 6.58. The number of carbonyl (C=O) groups excluding carboxylic acids is 1. The maximum Gasteiger partial charge on any atom is 0.287 e. The Hall–Kier alpha value is -1.07. The molecule has 0 aliphatic carbocycles. The lowest BCUT2D eigenvalue weighted by atomic mass is 10.0. The zero-order valence-corrected chi connectivity index (χ0v) is 13.3. The summed E-state index contributed by atoms with van der Waals surface area (Å²) in [6.45, 7) is 6.04. The molecule has 0 unspecified atom stereocenters. The van der Waals surface area contributed by atoms with Crippen LogP contribution in [0.3, 0.4) is 0 Å². The van der Waals surface area contributed by atoms with Crippen molar-refractivity contribution in [2.75, 3.05) is 0 Å². The molecule has 0 aliphatic heterocycles. The number of hydrogen-bond acceptors (Lipinski definition) is 3. The third-order valence-electron chi connectivity index (χ3n) is 2.82. The summed E-state index contributed by atoms with van der Waals surface area (Å²) >= 11 is 11.4. The van der Waals surface area contributed by atoms with E-state index in [9.17, 15) is 9.59 Å². The molecule has 0 radical (unpaired) electrons. The van der Waals surface area contributed by atoms with Gasteiger partial charge in [0.2, 0.25) is 5.91 Å². The molecule has 0 spiro atoms. The van der Waals surface area contributed by atoms with Crippen LogP contribution in [0.25, 0.3) is 0 Å². The molecule has 0 saturated carbocycles. The molecule has 1 aromatic heterocycles. The van der Waals surface area contributed by atoms with Gasteiger partial charge in [0.1, 0.15) is 11.6 Å².